The predicted octanol–water partition coefficient (Wildman–Crippen LogP) is 4.63. The van der Waals surface area contributed by atoms with Gasteiger partial charge < -0.3 is 10.2 Å². The molecule has 3 rings (SSSR count). The molecule has 0 aliphatic carbocycles. The van der Waals surface area contributed by atoms with Gasteiger partial charge in [-0.15, -0.1) is 11.3 Å². The molecule has 1 N–H and O–H groups in total. The fraction of sp³-hybridized carbons (Fsp3) is 0.478. The minimum Gasteiger partial charge on any atom is -0.352 e. The van der Waals surface area contributed by atoms with E-state index in [0.29, 0.717) is 38.0 Å². The number of rotatable bonds is 6. The van der Waals surface area contributed by atoms with Gasteiger partial charge in [0.25, 0.3) is 5.91 Å². The SMILES string of the molecule is CCCc1cc(C(=O)N2CCC(C(=O)NCc3ccc(C)c(F)c3)CC2)sc1C. The first-order valence-corrected chi connectivity index (χ1v) is 11.1. The van der Waals surface area contributed by atoms with Crippen molar-refractivity contribution in [2.45, 2.75) is 53.0 Å². The van der Waals surface area contributed by atoms with Crippen LogP contribution in [0.3, 0.4) is 0 Å². The number of thiophene rings is 1. The lowest BCUT2D eigenvalue weighted by Crippen LogP contribution is -2.42. The number of aryl methyl sites for hydroxylation is 3. The normalized spacial score (nSPS) is 14.8. The number of benzene rings is 1. The highest BCUT2D eigenvalue weighted by Crippen LogP contribution is 2.26. The van der Waals surface area contributed by atoms with Gasteiger partial charge in [0, 0.05) is 30.4 Å². The summed E-state index contributed by atoms with van der Waals surface area (Å²) in [6, 6.07) is 7.05. The molecule has 1 aromatic heterocycles. The van der Waals surface area contributed by atoms with E-state index in [1.807, 2.05) is 17.0 Å². The van der Waals surface area contributed by atoms with Gasteiger partial charge in [-0.25, -0.2) is 4.39 Å². The Morgan fingerprint density at radius 1 is 1.21 bits per heavy atom. The van der Waals surface area contributed by atoms with Gasteiger partial charge in [0.2, 0.25) is 5.91 Å². The molecule has 0 atom stereocenters. The largest absolute Gasteiger partial charge is 0.352 e. The van der Waals surface area contributed by atoms with E-state index in [-0.39, 0.29) is 23.5 Å². The molecule has 6 heteroatoms. The highest BCUT2D eigenvalue weighted by Gasteiger charge is 2.28. The van der Waals surface area contributed by atoms with E-state index in [0.717, 1.165) is 23.3 Å². The maximum Gasteiger partial charge on any atom is 0.263 e. The molecule has 0 unspecified atom stereocenters. The molecule has 2 aromatic rings. The number of hydrogen-bond acceptors (Lipinski definition) is 3. The van der Waals surface area contributed by atoms with Crippen LogP contribution in [-0.2, 0) is 17.8 Å². The molecule has 0 saturated carbocycles. The van der Waals surface area contributed by atoms with Crippen LogP contribution in [0.25, 0.3) is 0 Å². The third kappa shape index (κ3) is 5.24. The summed E-state index contributed by atoms with van der Waals surface area (Å²) in [6.45, 7) is 7.44. The predicted molar refractivity (Wildman–Crippen MR) is 115 cm³/mol. The lowest BCUT2D eigenvalue weighted by Gasteiger charge is -2.31. The molecule has 1 aliphatic rings. The number of carbonyl (C=O) groups is 2. The van der Waals surface area contributed by atoms with Crippen LogP contribution in [0.4, 0.5) is 4.39 Å². The van der Waals surface area contributed by atoms with Gasteiger partial charge in [-0.3, -0.25) is 9.59 Å². The van der Waals surface area contributed by atoms with E-state index < -0.39 is 0 Å². The van der Waals surface area contributed by atoms with Crippen molar-refractivity contribution in [1.29, 1.82) is 0 Å². The van der Waals surface area contributed by atoms with E-state index in [1.54, 1.807) is 24.3 Å². The quantitative estimate of drug-likeness (QED) is 0.747. The molecule has 0 bridgehead atoms. The van der Waals surface area contributed by atoms with Crippen molar-refractivity contribution in [2.24, 2.45) is 5.92 Å². The molecule has 4 nitrogen and oxygen atoms in total. The van der Waals surface area contributed by atoms with Crippen molar-refractivity contribution in [2.75, 3.05) is 13.1 Å². The number of carbonyl (C=O) groups excluding carboxylic acids is 2. The Labute approximate surface area is 176 Å². The summed E-state index contributed by atoms with van der Waals surface area (Å²) in [4.78, 5) is 29.2. The first-order chi connectivity index (χ1) is 13.9. The van der Waals surface area contributed by atoms with Crippen LogP contribution in [0.2, 0.25) is 0 Å². The number of amides is 2. The zero-order valence-corrected chi connectivity index (χ0v) is 18.2. The van der Waals surface area contributed by atoms with E-state index in [2.05, 4.69) is 19.2 Å². The maximum atomic E-state index is 13.6. The van der Waals surface area contributed by atoms with Crippen LogP contribution in [0, 0.1) is 25.6 Å². The Morgan fingerprint density at radius 2 is 1.93 bits per heavy atom. The standard InChI is InChI=1S/C23H29FN2O2S/c1-4-5-19-13-21(29-16(19)3)23(28)26-10-8-18(9-11-26)22(27)25-14-17-7-6-15(2)20(24)12-17/h6-7,12-13,18H,4-5,8-11,14H2,1-3H3,(H,25,27). The Bertz CT molecular complexity index is 885. The molecular weight excluding hydrogens is 387 g/mol. The van der Waals surface area contributed by atoms with Gasteiger partial charge in [0.1, 0.15) is 5.82 Å². The Balaban J connectivity index is 1.50. The highest BCUT2D eigenvalue weighted by atomic mass is 32.1. The molecule has 1 saturated heterocycles. The summed E-state index contributed by atoms with van der Waals surface area (Å²) in [5.74, 6) is -0.297. The van der Waals surface area contributed by atoms with Crippen LogP contribution in [0.5, 0.6) is 0 Å². The topological polar surface area (TPSA) is 49.4 Å². The molecule has 1 fully saturated rings. The monoisotopic (exact) mass is 416 g/mol. The van der Waals surface area contributed by atoms with Crippen LogP contribution in [0.1, 0.15) is 57.4 Å². The number of nitrogens with zero attached hydrogens (tertiary/aromatic N) is 1. The molecule has 0 spiro atoms. The average molecular weight is 417 g/mol. The molecule has 29 heavy (non-hydrogen) atoms. The second-order valence-electron chi connectivity index (χ2n) is 7.81. The molecule has 1 aliphatic heterocycles. The Morgan fingerprint density at radius 3 is 2.59 bits per heavy atom. The van der Waals surface area contributed by atoms with Crippen molar-refractivity contribution in [3.63, 3.8) is 0 Å². The average Bonchev–Trinajstić information content (AvgIpc) is 3.09. The highest BCUT2D eigenvalue weighted by molar-refractivity contribution is 7.14. The Kier molecular flexibility index (Phi) is 7.06. The van der Waals surface area contributed by atoms with Crippen molar-refractivity contribution in [3.8, 4) is 0 Å². The molecule has 1 aromatic carbocycles. The lowest BCUT2D eigenvalue weighted by atomic mass is 9.95. The summed E-state index contributed by atoms with van der Waals surface area (Å²) >= 11 is 1.57. The molecule has 0 radical (unpaired) electrons. The summed E-state index contributed by atoms with van der Waals surface area (Å²) in [7, 11) is 0. The van der Waals surface area contributed by atoms with Crippen molar-refractivity contribution in [3.05, 3.63) is 56.5 Å². The minimum absolute atomic E-state index is 0.0183. The van der Waals surface area contributed by atoms with E-state index in [9.17, 15) is 14.0 Å². The minimum atomic E-state index is -0.255. The zero-order chi connectivity index (χ0) is 21.0. The number of likely N-dealkylation sites (tertiary alicyclic amines) is 1. The van der Waals surface area contributed by atoms with E-state index in [1.165, 1.54) is 16.5 Å². The fourth-order valence-electron chi connectivity index (χ4n) is 3.72. The van der Waals surface area contributed by atoms with Crippen LogP contribution < -0.4 is 5.32 Å². The smallest absolute Gasteiger partial charge is 0.263 e. The van der Waals surface area contributed by atoms with Crippen LogP contribution >= 0.6 is 11.3 Å². The second kappa shape index (κ2) is 9.53. The fourth-order valence-corrected chi connectivity index (χ4v) is 4.76. The summed E-state index contributed by atoms with van der Waals surface area (Å²) in [5, 5.41) is 2.91. The maximum absolute atomic E-state index is 13.6. The third-order valence-corrected chi connectivity index (χ3v) is 6.69. The molecular formula is C23H29FN2O2S. The second-order valence-corrected chi connectivity index (χ2v) is 9.07. The first-order valence-electron chi connectivity index (χ1n) is 10.3. The molecule has 2 heterocycles. The van der Waals surface area contributed by atoms with Gasteiger partial charge >= 0.3 is 0 Å². The van der Waals surface area contributed by atoms with Crippen molar-refractivity contribution >= 4 is 23.2 Å². The first kappa shape index (κ1) is 21.5. The number of piperidine rings is 1. The summed E-state index contributed by atoms with van der Waals surface area (Å²) in [5.41, 5.74) is 2.62. The van der Waals surface area contributed by atoms with Crippen molar-refractivity contribution < 1.29 is 14.0 Å². The van der Waals surface area contributed by atoms with Crippen molar-refractivity contribution in [1.82, 2.24) is 10.2 Å². The van der Waals surface area contributed by atoms with Gasteiger partial charge in [-0.1, -0.05) is 25.5 Å². The Hall–Kier alpha value is -2.21. The number of nitrogens with one attached hydrogen (secondary N) is 1. The van der Waals surface area contributed by atoms with E-state index in [4.69, 9.17) is 0 Å². The van der Waals surface area contributed by atoms with Gasteiger partial charge in [-0.2, -0.15) is 0 Å². The summed E-state index contributed by atoms with van der Waals surface area (Å²) < 4.78 is 13.6. The molecule has 2 amide bonds. The van der Waals surface area contributed by atoms with E-state index >= 15 is 0 Å². The van der Waals surface area contributed by atoms with Gasteiger partial charge in [0.15, 0.2) is 0 Å². The van der Waals surface area contributed by atoms with Crippen LogP contribution in [0.15, 0.2) is 24.3 Å². The number of hydrogen-bond donors (Lipinski definition) is 1. The lowest BCUT2D eigenvalue weighted by molar-refractivity contribution is -0.126. The third-order valence-electron chi connectivity index (χ3n) is 5.61. The van der Waals surface area contributed by atoms with Gasteiger partial charge in [0.05, 0.1) is 4.88 Å². The molecule has 156 valence electrons. The van der Waals surface area contributed by atoms with Crippen LogP contribution in [-0.4, -0.2) is 29.8 Å². The summed E-state index contributed by atoms with van der Waals surface area (Å²) in [6.07, 6.45) is 3.39. The zero-order valence-electron chi connectivity index (χ0n) is 17.4. The number of halogens is 1. The van der Waals surface area contributed by atoms with Gasteiger partial charge in [-0.05, 0) is 61.9 Å².